The molecule has 0 aliphatic heterocycles. The third-order valence-corrected chi connectivity index (χ3v) is 3.43. The van der Waals surface area contributed by atoms with Crippen molar-refractivity contribution in [3.8, 4) is 5.75 Å². The topological polar surface area (TPSA) is 52.0 Å². The summed E-state index contributed by atoms with van der Waals surface area (Å²) in [7, 11) is 0. The van der Waals surface area contributed by atoms with Crippen molar-refractivity contribution in [3.05, 3.63) is 40.4 Å². The van der Waals surface area contributed by atoms with Crippen molar-refractivity contribution in [2.24, 2.45) is 0 Å². The van der Waals surface area contributed by atoms with Crippen LogP contribution in [0.2, 0.25) is 0 Å². The fraction of sp³-hybridized carbons (Fsp3) is 0.429. The van der Waals surface area contributed by atoms with Gasteiger partial charge in [0.25, 0.3) is 0 Å². The van der Waals surface area contributed by atoms with E-state index in [1.54, 1.807) is 6.33 Å². The van der Waals surface area contributed by atoms with Crippen LogP contribution in [0.1, 0.15) is 25.2 Å². The van der Waals surface area contributed by atoms with E-state index in [0.717, 1.165) is 41.2 Å². The molecule has 1 heterocycles. The first-order valence-corrected chi connectivity index (χ1v) is 7.52. The Morgan fingerprint density at radius 3 is 2.95 bits per heavy atom. The van der Waals surface area contributed by atoms with E-state index >= 15 is 0 Å². The van der Waals surface area contributed by atoms with E-state index in [9.17, 15) is 0 Å². The Hall–Kier alpha value is -1.40. The highest BCUT2D eigenvalue weighted by Gasteiger charge is 2.07. The lowest BCUT2D eigenvalue weighted by molar-refractivity contribution is 0.284. The monoisotopic (exact) mass is 338 g/mol. The first-order valence-electron chi connectivity index (χ1n) is 6.73. The first kappa shape index (κ1) is 15.0. The number of hydrogen-bond donors (Lipinski definition) is 1. The SMILES string of the molecule is CCNCc1cc(Br)ccc1OCc1ncnn1CC. The highest BCUT2D eigenvalue weighted by atomic mass is 79.9. The quantitative estimate of drug-likeness (QED) is 0.843. The molecule has 20 heavy (non-hydrogen) atoms. The number of nitrogens with one attached hydrogen (secondary N) is 1. The Morgan fingerprint density at radius 1 is 1.35 bits per heavy atom. The van der Waals surface area contributed by atoms with Gasteiger partial charge < -0.3 is 10.1 Å². The molecule has 0 spiro atoms. The first-order chi connectivity index (χ1) is 9.74. The number of hydrogen-bond acceptors (Lipinski definition) is 4. The summed E-state index contributed by atoms with van der Waals surface area (Å²) in [5.74, 6) is 1.71. The zero-order valence-corrected chi connectivity index (χ0v) is 13.4. The van der Waals surface area contributed by atoms with Crippen molar-refractivity contribution < 1.29 is 4.74 Å². The van der Waals surface area contributed by atoms with Gasteiger partial charge in [0.15, 0.2) is 5.82 Å². The second-order valence-electron chi connectivity index (χ2n) is 4.31. The number of rotatable bonds is 7. The van der Waals surface area contributed by atoms with Crippen molar-refractivity contribution in [3.63, 3.8) is 0 Å². The van der Waals surface area contributed by atoms with Gasteiger partial charge in [0.2, 0.25) is 0 Å². The average Bonchev–Trinajstić information content (AvgIpc) is 2.91. The van der Waals surface area contributed by atoms with E-state index in [-0.39, 0.29) is 0 Å². The molecule has 0 saturated carbocycles. The minimum Gasteiger partial charge on any atom is -0.485 e. The molecule has 0 aliphatic rings. The van der Waals surface area contributed by atoms with Crippen LogP contribution in [0.4, 0.5) is 0 Å². The average molecular weight is 339 g/mol. The van der Waals surface area contributed by atoms with Gasteiger partial charge in [-0.25, -0.2) is 9.67 Å². The van der Waals surface area contributed by atoms with E-state index < -0.39 is 0 Å². The Labute approximate surface area is 127 Å². The van der Waals surface area contributed by atoms with E-state index in [0.29, 0.717) is 6.61 Å². The van der Waals surface area contributed by atoms with E-state index in [1.807, 2.05) is 23.7 Å². The maximum absolute atomic E-state index is 5.89. The standard InChI is InChI=1S/C14H19BrN4O/c1-3-16-8-11-7-12(15)5-6-13(11)20-9-14-17-10-18-19(14)4-2/h5-7,10,16H,3-4,8-9H2,1-2H3. The molecular weight excluding hydrogens is 320 g/mol. The Balaban J connectivity index is 2.08. The minimum absolute atomic E-state index is 0.425. The fourth-order valence-corrected chi connectivity index (χ4v) is 2.30. The predicted molar refractivity (Wildman–Crippen MR) is 81.6 cm³/mol. The summed E-state index contributed by atoms with van der Waals surface area (Å²) in [6, 6.07) is 6.03. The molecule has 1 N–H and O–H groups in total. The van der Waals surface area contributed by atoms with Crippen molar-refractivity contribution in [2.45, 2.75) is 33.5 Å². The van der Waals surface area contributed by atoms with E-state index in [4.69, 9.17) is 4.74 Å². The maximum atomic E-state index is 5.89. The lowest BCUT2D eigenvalue weighted by Gasteiger charge is -2.12. The number of benzene rings is 1. The second-order valence-corrected chi connectivity index (χ2v) is 5.23. The molecule has 0 aliphatic carbocycles. The molecular formula is C14H19BrN4O. The van der Waals surface area contributed by atoms with Crippen LogP contribution in [0.15, 0.2) is 29.0 Å². The molecule has 6 heteroatoms. The summed E-state index contributed by atoms with van der Waals surface area (Å²) >= 11 is 3.49. The van der Waals surface area contributed by atoms with Crippen molar-refractivity contribution in [1.29, 1.82) is 0 Å². The molecule has 0 fully saturated rings. The summed E-state index contributed by atoms with van der Waals surface area (Å²) in [5, 5.41) is 7.45. The van der Waals surface area contributed by atoms with E-state index in [1.165, 1.54) is 0 Å². The summed E-state index contributed by atoms with van der Waals surface area (Å²) in [4.78, 5) is 4.21. The highest BCUT2D eigenvalue weighted by molar-refractivity contribution is 9.10. The summed E-state index contributed by atoms with van der Waals surface area (Å²) < 4.78 is 8.78. The maximum Gasteiger partial charge on any atom is 0.164 e. The molecule has 5 nitrogen and oxygen atoms in total. The van der Waals surface area contributed by atoms with Crippen LogP contribution >= 0.6 is 15.9 Å². The largest absolute Gasteiger partial charge is 0.485 e. The molecule has 2 rings (SSSR count). The van der Waals surface area contributed by atoms with Gasteiger partial charge in [-0.1, -0.05) is 22.9 Å². The van der Waals surface area contributed by atoms with Gasteiger partial charge in [0.05, 0.1) is 0 Å². The van der Waals surface area contributed by atoms with Crippen LogP contribution in [0.3, 0.4) is 0 Å². The van der Waals surface area contributed by atoms with Crippen molar-refractivity contribution in [2.75, 3.05) is 6.54 Å². The smallest absolute Gasteiger partial charge is 0.164 e. The minimum atomic E-state index is 0.425. The Morgan fingerprint density at radius 2 is 2.20 bits per heavy atom. The van der Waals surface area contributed by atoms with Crippen LogP contribution in [0.25, 0.3) is 0 Å². The van der Waals surface area contributed by atoms with Gasteiger partial charge in [0.1, 0.15) is 18.7 Å². The predicted octanol–water partition coefficient (Wildman–Crippen LogP) is 2.75. The summed E-state index contributed by atoms with van der Waals surface area (Å²) in [6.07, 6.45) is 1.56. The van der Waals surface area contributed by atoms with Crippen LogP contribution in [0, 0.1) is 0 Å². The van der Waals surface area contributed by atoms with Crippen molar-refractivity contribution in [1.82, 2.24) is 20.1 Å². The van der Waals surface area contributed by atoms with Crippen LogP contribution in [0.5, 0.6) is 5.75 Å². The van der Waals surface area contributed by atoms with Gasteiger partial charge in [-0.05, 0) is 31.7 Å². The molecule has 2 aromatic rings. The van der Waals surface area contributed by atoms with Crippen LogP contribution in [-0.4, -0.2) is 21.3 Å². The molecule has 0 saturated heterocycles. The molecule has 1 aromatic carbocycles. The Kier molecular flexibility index (Phi) is 5.55. The van der Waals surface area contributed by atoms with Crippen LogP contribution < -0.4 is 10.1 Å². The van der Waals surface area contributed by atoms with Gasteiger partial charge in [0, 0.05) is 23.1 Å². The van der Waals surface area contributed by atoms with Crippen molar-refractivity contribution >= 4 is 15.9 Å². The van der Waals surface area contributed by atoms with Gasteiger partial charge in [-0.15, -0.1) is 0 Å². The third kappa shape index (κ3) is 3.80. The highest BCUT2D eigenvalue weighted by Crippen LogP contribution is 2.24. The number of aryl methyl sites for hydroxylation is 1. The van der Waals surface area contributed by atoms with Gasteiger partial charge in [-0.2, -0.15) is 5.10 Å². The van der Waals surface area contributed by atoms with E-state index in [2.05, 4.69) is 44.3 Å². The lowest BCUT2D eigenvalue weighted by atomic mass is 10.2. The molecule has 0 radical (unpaired) electrons. The van der Waals surface area contributed by atoms with Gasteiger partial charge >= 0.3 is 0 Å². The summed E-state index contributed by atoms with van der Waals surface area (Å²) in [5.41, 5.74) is 1.13. The molecule has 1 aromatic heterocycles. The molecule has 0 unspecified atom stereocenters. The number of ether oxygens (including phenoxy) is 1. The molecule has 0 bridgehead atoms. The number of halogens is 1. The number of aromatic nitrogens is 3. The molecule has 0 atom stereocenters. The number of nitrogens with zero attached hydrogens (tertiary/aromatic N) is 3. The zero-order chi connectivity index (χ0) is 14.4. The summed E-state index contributed by atoms with van der Waals surface area (Å²) in [6.45, 7) is 7.05. The second kappa shape index (κ2) is 7.40. The molecule has 0 amide bonds. The fourth-order valence-electron chi connectivity index (χ4n) is 1.89. The normalized spacial score (nSPS) is 10.8. The van der Waals surface area contributed by atoms with Crippen LogP contribution in [-0.2, 0) is 19.7 Å². The third-order valence-electron chi connectivity index (χ3n) is 2.94. The zero-order valence-electron chi connectivity index (χ0n) is 11.8. The van der Waals surface area contributed by atoms with Gasteiger partial charge in [-0.3, -0.25) is 0 Å². The molecule has 108 valence electrons. The Bertz CT molecular complexity index is 556. The lowest BCUT2D eigenvalue weighted by Crippen LogP contribution is -2.13.